The summed E-state index contributed by atoms with van der Waals surface area (Å²) in [7, 11) is 0. The van der Waals surface area contributed by atoms with Crippen LogP contribution in [0.5, 0.6) is 5.75 Å². The lowest BCUT2D eigenvalue weighted by atomic mass is 10.1. The standard InChI is InChI=1S/C23H29ClN6O3/c24-19-7-9-21(10-8-19)32-16-17-33-30-22(31)6-4-2-1-3-5-13-27-23(28-18-25)29-20-11-14-26-15-12-20/h7-12,14-15H,1-6,13,16-17H2,(H,30,31)(H2,26,27,28,29). The fraction of sp³-hybridized carbons (Fsp3) is 0.391. The van der Waals surface area contributed by atoms with Gasteiger partial charge in [-0.15, -0.1) is 0 Å². The van der Waals surface area contributed by atoms with E-state index in [0.29, 0.717) is 36.3 Å². The van der Waals surface area contributed by atoms with Crippen molar-refractivity contribution in [3.05, 3.63) is 53.8 Å². The van der Waals surface area contributed by atoms with Crippen LogP contribution in [0.2, 0.25) is 5.02 Å². The molecule has 0 spiro atoms. The first-order chi connectivity index (χ1) is 16.2. The first-order valence-electron chi connectivity index (χ1n) is 10.8. The number of nitrogens with one attached hydrogen (secondary N) is 3. The third-order valence-corrected chi connectivity index (χ3v) is 4.65. The number of guanidine groups is 1. The topological polar surface area (TPSA) is 121 Å². The van der Waals surface area contributed by atoms with Gasteiger partial charge in [-0.3, -0.25) is 24.9 Å². The van der Waals surface area contributed by atoms with Crippen LogP contribution in [-0.2, 0) is 9.63 Å². The van der Waals surface area contributed by atoms with Crippen molar-refractivity contribution in [3.63, 3.8) is 0 Å². The molecule has 0 atom stereocenters. The molecule has 2 aromatic rings. The number of benzene rings is 1. The Kier molecular flexibility index (Phi) is 12.8. The third-order valence-electron chi connectivity index (χ3n) is 4.40. The maximum atomic E-state index is 11.8. The quantitative estimate of drug-likeness (QED) is 0.0947. The second-order valence-electron chi connectivity index (χ2n) is 7.02. The molecule has 1 aromatic carbocycles. The van der Waals surface area contributed by atoms with Crippen molar-refractivity contribution in [1.82, 2.24) is 15.8 Å². The van der Waals surface area contributed by atoms with Crippen LogP contribution in [0.15, 0.2) is 53.8 Å². The Morgan fingerprint density at radius 2 is 1.76 bits per heavy atom. The van der Waals surface area contributed by atoms with Gasteiger partial charge in [0.15, 0.2) is 6.19 Å². The van der Waals surface area contributed by atoms with Crippen LogP contribution in [0.1, 0.15) is 38.5 Å². The van der Waals surface area contributed by atoms with Gasteiger partial charge in [-0.25, -0.2) is 5.48 Å². The Hall–Kier alpha value is -3.35. The molecular formula is C23H29ClN6O3. The molecule has 0 aliphatic rings. The first kappa shape index (κ1) is 25.9. The number of hydroxylamine groups is 1. The van der Waals surface area contributed by atoms with Crippen molar-refractivity contribution in [3.8, 4) is 11.9 Å². The average Bonchev–Trinajstić information content (AvgIpc) is 2.82. The Labute approximate surface area is 199 Å². The van der Waals surface area contributed by atoms with Crippen LogP contribution in [0.3, 0.4) is 0 Å². The molecule has 9 nitrogen and oxygen atoms in total. The van der Waals surface area contributed by atoms with Gasteiger partial charge in [-0.2, -0.15) is 5.26 Å². The fourth-order valence-electron chi connectivity index (χ4n) is 2.77. The number of amides is 1. The number of carbonyl (C=O) groups is 1. The maximum Gasteiger partial charge on any atom is 0.243 e. The summed E-state index contributed by atoms with van der Waals surface area (Å²) in [5.74, 6) is 0.974. The van der Waals surface area contributed by atoms with Crippen LogP contribution in [0.4, 0.5) is 5.69 Å². The van der Waals surface area contributed by atoms with E-state index >= 15 is 0 Å². The molecule has 0 saturated heterocycles. The second kappa shape index (κ2) is 16.3. The number of rotatable bonds is 14. The molecular weight excluding hydrogens is 444 g/mol. The van der Waals surface area contributed by atoms with Gasteiger partial charge < -0.3 is 10.1 Å². The summed E-state index contributed by atoms with van der Waals surface area (Å²) in [4.78, 5) is 25.2. The Balaban J connectivity index is 1.45. The van der Waals surface area contributed by atoms with Gasteiger partial charge in [-0.1, -0.05) is 30.9 Å². The highest BCUT2D eigenvalue weighted by Crippen LogP contribution is 2.15. The highest BCUT2D eigenvalue weighted by atomic mass is 35.5. The largest absolute Gasteiger partial charge is 0.491 e. The zero-order valence-electron chi connectivity index (χ0n) is 18.4. The number of hydrogen-bond acceptors (Lipinski definition) is 6. The predicted octanol–water partition coefficient (Wildman–Crippen LogP) is 4.04. The smallest absolute Gasteiger partial charge is 0.243 e. The Morgan fingerprint density at radius 3 is 2.52 bits per heavy atom. The van der Waals surface area contributed by atoms with Gasteiger partial charge in [0.1, 0.15) is 19.0 Å². The number of carbonyl (C=O) groups excluding carboxylic acids is 1. The molecule has 1 aromatic heterocycles. The van der Waals surface area contributed by atoms with Crippen LogP contribution < -0.4 is 20.9 Å². The summed E-state index contributed by atoms with van der Waals surface area (Å²) >= 11 is 5.81. The maximum absolute atomic E-state index is 11.8. The molecule has 0 bridgehead atoms. The molecule has 0 saturated carbocycles. The van der Waals surface area contributed by atoms with Crippen molar-refractivity contribution < 1.29 is 14.4 Å². The molecule has 0 fully saturated rings. The van der Waals surface area contributed by atoms with Crippen molar-refractivity contribution in [2.45, 2.75) is 38.5 Å². The number of aromatic nitrogens is 1. The highest BCUT2D eigenvalue weighted by Gasteiger charge is 2.02. The summed E-state index contributed by atoms with van der Waals surface area (Å²) in [6, 6.07) is 10.6. The number of nitrogens with zero attached hydrogens (tertiary/aromatic N) is 3. The van der Waals surface area contributed by atoms with E-state index in [4.69, 9.17) is 26.4 Å². The van der Waals surface area contributed by atoms with Gasteiger partial charge in [0.05, 0.1) is 0 Å². The number of pyridine rings is 1. The van der Waals surface area contributed by atoms with E-state index in [1.54, 1.807) is 48.8 Å². The van der Waals surface area contributed by atoms with E-state index < -0.39 is 0 Å². The molecule has 0 radical (unpaired) electrons. The number of nitriles is 1. The van der Waals surface area contributed by atoms with E-state index in [2.05, 4.69) is 26.1 Å². The molecule has 0 unspecified atom stereocenters. The fourth-order valence-corrected chi connectivity index (χ4v) is 2.89. The zero-order chi connectivity index (χ0) is 23.6. The molecule has 2 rings (SSSR count). The number of anilines is 1. The second-order valence-corrected chi connectivity index (χ2v) is 7.46. The van der Waals surface area contributed by atoms with Crippen molar-refractivity contribution in [2.75, 3.05) is 25.1 Å². The molecule has 0 aliphatic carbocycles. The average molecular weight is 473 g/mol. The van der Waals surface area contributed by atoms with Gasteiger partial charge >= 0.3 is 0 Å². The minimum Gasteiger partial charge on any atom is -0.491 e. The monoisotopic (exact) mass is 472 g/mol. The molecule has 3 N–H and O–H groups in total. The predicted molar refractivity (Wildman–Crippen MR) is 128 cm³/mol. The third kappa shape index (κ3) is 12.3. The van der Waals surface area contributed by atoms with Crippen molar-refractivity contribution in [2.24, 2.45) is 4.99 Å². The highest BCUT2D eigenvalue weighted by molar-refractivity contribution is 6.30. The summed E-state index contributed by atoms with van der Waals surface area (Å²) in [5.41, 5.74) is 3.24. The summed E-state index contributed by atoms with van der Waals surface area (Å²) in [5, 5.41) is 15.1. The molecule has 176 valence electrons. The SMILES string of the molecule is N#CNC(=NCCCCCCCC(=O)NOCCOc1ccc(Cl)cc1)Nc1ccncc1. The van der Waals surface area contributed by atoms with E-state index in [9.17, 15) is 4.79 Å². The van der Waals surface area contributed by atoms with Gasteiger partial charge in [0, 0.05) is 36.1 Å². The first-order valence-corrected chi connectivity index (χ1v) is 11.2. The van der Waals surface area contributed by atoms with E-state index in [1.165, 1.54) is 0 Å². The molecule has 10 heteroatoms. The van der Waals surface area contributed by atoms with Gasteiger partial charge in [0.2, 0.25) is 11.9 Å². The zero-order valence-corrected chi connectivity index (χ0v) is 19.2. The number of unbranched alkanes of at least 4 members (excludes halogenated alkanes) is 4. The number of ether oxygens (including phenoxy) is 1. The van der Waals surface area contributed by atoms with Crippen molar-refractivity contribution >= 4 is 29.2 Å². The lowest BCUT2D eigenvalue weighted by molar-refractivity contribution is -0.134. The molecule has 33 heavy (non-hydrogen) atoms. The van der Waals surface area contributed by atoms with Crippen LogP contribution in [0, 0.1) is 11.5 Å². The minimum atomic E-state index is -0.138. The molecule has 0 aliphatic heterocycles. The minimum absolute atomic E-state index is 0.138. The van der Waals surface area contributed by atoms with Crippen LogP contribution in [0.25, 0.3) is 0 Å². The van der Waals surface area contributed by atoms with Gasteiger partial charge in [-0.05, 0) is 49.2 Å². The summed E-state index contributed by atoms with van der Waals surface area (Å²) in [6.07, 6.45) is 10.3. The van der Waals surface area contributed by atoms with Crippen molar-refractivity contribution in [1.29, 1.82) is 5.26 Å². The number of hydrogen-bond donors (Lipinski definition) is 3. The van der Waals surface area contributed by atoms with E-state index in [1.807, 2.05) is 6.19 Å². The molecule has 1 heterocycles. The Morgan fingerprint density at radius 1 is 1.03 bits per heavy atom. The summed E-state index contributed by atoms with van der Waals surface area (Å²) in [6.45, 7) is 1.19. The van der Waals surface area contributed by atoms with Crippen LogP contribution >= 0.6 is 11.6 Å². The number of aliphatic imine (C=N–C) groups is 1. The summed E-state index contributed by atoms with van der Waals surface area (Å²) < 4.78 is 5.48. The number of halogens is 1. The normalized spacial score (nSPS) is 10.8. The van der Waals surface area contributed by atoms with Gasteiger partial charge in [0.25, 0.3) is 0 Å². The Bertz CT molecular complexity index is 887. The lowest BCUT2D eigenvalue weighted by Crippen LogP contribution is -2.27. The van der Waals surface area contributed by atoms with E-state index in [-0.39, 0.29) is 12.5 Å². The van der Waals surface area contributed by atoms with Crippen LogP contribution in [-0.4, -0.2) is 36.6 Å². The lowest BCUT2D eigenvalue weighted by Gasteiger charge is -2.08. The van der Waals surface area contributed by atoms with E-state index in [0.717, 1.165) is 37.8 Å². The molecule has 1 amide bonds.